The van der Waals surface area contributed by atoms with Crippen molar-refractivity contribution >= 4 is 63.3 Å². The fourth-order valence-electron chi connectivity index (χ4n) is 3.02. The summed E-state index contributed by atoms with van der Waals surface area (Å²) in [5, 5.41) is 3.86. The predicted molar refractivity (Wildman–Crippen MR) is 120 cm³/mol. The average Bonchev–Trinajstić information content (AvgIpc) is 3.16. The number of hydrogen-bond acceptors (Lipinski definition) is 7. The first-order chi connectivity index (χ1) is 13.4. The molecule has 0 radical (unpaired) electrons. The number of nitrogens with one attached hydrogen (secondary N) is 1. The fraction of sp³-hybridized carbons (Fsp3) is 0.316. The molecule has 0 aliphatic carbocycles. The van der Waals surface area contributed by atoms with E-state index >= 15 is 0 Å². The van der Waals surface area contributed by atoms with E-state index in [0.29, 0.717) is 33.8 Å². The molecular formula is C19H21N3O3S3. The Balaban J connectivity index is 1.98. The van der Waals surface area contributed by atoms with E-state index in [1.165, 1.54) is 18.7 Å². The molecule has 2 aliphatic heterocycles. The second-order valence-corrected chi connectivity index (χ2v) is 8.71. The number of fused-ring (bicyclic) bond motifs is 1. The number of rotatable bonds is 5. The summed E-state index contributed by atoms with van der Waals surface area (Å²) in [6.45, 7) is 6.70. The second-order valence-electron chi connectivity index (χ2n) is 5.97. The molecule has 1 saturated heterocycles. The van der Waals surface area contributed by atoms with Crippen molar-refractivity contribution in [3.8, 4) is 5.75 Å². The number of allylic oxidation sites excluding steroid dienone is 2. The lowest BCUT2D eigenvalue weighted by Gasteiger charge is -2.22. The van der Waals surface area contributed by atoms with E-state index in [4.69, 9.17) is 17.0 Å². The topological polar surface area (TPSA) is 61.9 Å². The Bertz CT molecular complexity index is 911. The molecular weight excluding hydrogens is 414 g/mol. The van der Waals surface area contributed by atoms with Gasteiger partial charge in [-0.1, -0.05) is 35.7 Å². The molecule has 1 N–H and O–H groups in total. The first-order valence-electron chi connectivity index (χ1n) is 8.80. The number of methoxy groups -OCH3 is 1. The molecule has 1 fully saturated rings. The van der Waals surface area contributed by atoms with Gasteiger partial charge in [-0.3, -0.25) is 14.5 Å². The predicted octanol–water partition coefficient (Wildman–Crippen LogP) is 4.19. The van der Waals surface area contributed by atoms with E-state index in [2.05, 4.69) is 10.2 Å². The molecule has 148 valence electrons. The lowest BCUT2D eigenvalue weighted by Crippen LogP contribution is -2.27. The lowest BCUT2D eigenvalue weighted by atomic mass is 10.2. The van der Waals surface area contributed by atoms with E-state index in [9.17, 15) is 9.59 Å². The van der Waals surface area contributed by atoms with Crippen LogP contribution in [0.1, 0.15) is 20.8 Å². The Morgan fingerprint density at radius 2 is 1.93 bits per heavy atom. The molecule has 1 aromatic rings. The molecule has 28 heavy (non-hydrogen) atoms. The van der Waals surface area contributed by atoms with Gasteiger partial charge in [0.25, 0.3) is 5.91 Å². The third kappa shape index (κ3) is 3.78. The van der Waals surface area contributed by atoms with E-state index in [1.807, 2.05) is 38.1 Å². The largest absolute Gasteiger partial charge is 0.494 e. The van der Waals surface area contributed by atoms with E-state index in [1.54, 1.807) is 23.8 Å². The van der Waals surface area contributed by atoms with Gasteiger partial charge in [-0.25, -0.2) is 0 Å². The summed E-state index contributed by atoms with van der Waals surface area (Å²) in [5.74, 6) is 0.394. The zero-order valence-corrected chi connectivity index (χ0v) is 18.5. The van der Waals surface area contributed by atoms with Gasteiger partial charge in [0.05, 0.1) is 22.7 Å². The summed E-state index contributed by atoms with van der Waals surface area (Å²) >= 11 is 8.18. The maximum atomic E-state index is 12.4. The van der Waals surface area contributed by atoms with Gasteiger partial charge >= 0.3 is 0 Å². The van der Waals surface area contributed by atoms with Crippen LogP contribution in [0.25, 0.3) is 0 Å². The summed E-state index contributed by atoms with van der Waals surface area (Å²) in [6.07, 6.45) is 3.75. The van der Waals surface area contributed by atoms with Crippen LogP contribution in [0.4, 0.5) is 11.4 Å². The van der Waals surface area contributed by atoms with Crippen LogP contribution >= 0.6 is 35.7 Å². The molecule has 6 nitrogen and oxygen atoms in total. The molecule has 0 aromatic heterocycles. The quantitative estimate of drug-likeness (QED) is 0.550. The van der Waals surface area contributed by atoms with Gasteiger partial charge in [-0.15, -0.1) is 0 Å². The number of hydrogen-bond donors (Lipinski definition) is 1. The Kier molecular flexibility index (Phi) is 6.36. The van der Waals surface area contributed by atoms with Gasteiger partial charge in [-0.05, 0) is 38.1 Å². The average molecular weight is 436 g/mol. The minimum atomic E-state index is -0.159. The summed E-state index contributed by atoms with van der Waals surface area (Å²) in [4.78, 5) is 29.5. The van der Waals surface area contributed by atoms with Crippen molar-refractivity contribution in [1.29, 1.82) is 0 Å². The molecule has 0 bridgehead atoms. The first kappa shape index (κ1) is 20.8. The van der Waals surface area contributed by atoms with Crippen molar-refractivity contribution in [2.24, 2.45) is 0 Å². The summed E-state index contributed by atoms with van der Waals surface area (Å²) < 4.78 is 6.03. The van der Waals surface area contributed by atoms with Crippen molar-refractivity contribution < 1.29 is 14.3 Å². The normalized spacial score (nSPS) is 19.0. The molecule has 0 spiro atoms. The van der Waals surface area contributed by atoms with Crippen LogP contribution in [0.2, 0.25) is 0 Å². The van der Waals surface area contributed by atoms with E-state index in [0.717, 1.165) is 15.6 Å². The van der Waals surface area contributed by atoms with Crippen molar-refractivity contribution in [1.82, 2.24) is 4.90 Å². The Morgan fingerprint density at radius 1 is 1.21 bits per heavy atom. The van der Waals surface area contributed by atoms with Crippen molar-refractivity contribution in [2.75, 3.05) is 30.4 Å². The SMILES string of the molecule is CCN1C(=O)/C(=C/C=C2/Sc3ccc(OC)c(NC(C)=O)c3N2CC)SC1=S. The molecule has 2 amide bonds. The minimum absolute atomic E-state index is 0.0569. The minimum Gasteiger partial charge on any atom is -0.494 e. The van der Waals surface area contributed by atoms with Crippen LogP contribution in [0.15, 0.2) is 39.1 Å². The maximum Gasteiger partial charge on any atom is 0.266 e. The molecule has 3 rings (SSSR count). The van der Waals surface area contributed by atoms with Gasteiger partial charge < -0.3 is 15.0 Å². The van der Waals surface area contributed by atoms with Gasteiger partial charge in [-0.2, -0.15) is 0 Å². The number of carbonyl (C=O) groups is 2. The monoisotopic (exact) mass is 435 g/mol. The number of nitrogens with zero attached hydrogens (tertiary/aromatic N) is 2. The molecule has 2 aliphatic rings. The smallest absolute Gasteiger partial charge is 0.266 e. The highest BCUT2D eigenvalue weighted by Crippen LogP contribution is 2.52. The number of likely N-dealkylation sites (N-methyl/N-ethyl adjacent to an activating group) is 1. The number of amides is 2. The molecule has 0 saturated carbocycles. The number of thioether (sulfide) groups is 2. The third-order valence-corrected chi connectivity index (χ3v) is 6.77. The molecule has 0 atom stereocenters. The van der Waals surface area contributed by atoms with E-state index < -0.39 is 0 Å². The standard InChI is InChI=1S/C19H21N3O3S3/c1-5-21-15(10-9-14-18(24)22(6-2)19(26)28-14)27-13-8-7-12(25-4)16(17(13)21)20-11(3)23/h7-10H,5-6H2,1-4H3,(H,20,23)/b14-9-,15-10+. The maximum absolute atomic E-state index is 12.4. The Hall–Kier alpha value is -1.97. The van der Waals surface area contributed by atoms with E-state index in [-0.39, 0.29) is 11.8 Å². The van der Waals surface area contributed by atoms with Crippen LogP contribution < -0.4 is 15.0 Å². The van der Waals surface area contributed by atoms with Crippen LogP contribution in [0, 0.1) is 0 Å². The zero-order chi connectivity index (χ0) is 20.4. The highest BCUT2D eigenvalue weighted by Gasteiger charge is 2.32. The van der Waals surface area contributed by atoms with Crippen LogP contribution in [-0.2, 0) is 9.59 Å². The third-order valence-electron chi connectivity index (χ3n) is 4.26. The second kappa shape index (κ2) is 8.59. The summed E-state index contributed by atoms with van der Waals surface area (Å²) in [5.41, 5.74) is 1.56. The molecule has 9 heteroatoms. The van der Waals surface area contributed by atoms with Gasteiger partial charge in [0.1, 0.15) is 15.8 Å². The fourth-order valence-corrected chi connectivity index (χ4v) is 5.48. The Morgan fingerprint density at radius 3 is 2.50 bits per heavy atom. The summed E-state index contributed by atoms with van der Waals surface area (Å²) in [6, 6.07) is 3.82. The van der Waals surface area contributed by atoms with Crippen molar-refractivity contribution in [2.45, 2.75) is 25.7 Å². The number of benzene rings is 1. The number of ether oxygens (including phenoxy) is 1. The van der Waals surface area contributed by atoms with Crippen molar-refractivity contribution in [3.05, 3.63) is 34.2 Å². The molecule has 0 unspecified atom stereocenters. The van der Waals surface area contributed by atoms with Crippen LogP contribution in [0.5, 0.6) is 5.75 Å². The number of thiocarbonyl (C=S) groups is 1. The highest BCUT2D eigenvalue weighted by molar-refractivity contribution is 8.26. The van der Waals surface area contributed by atoms with Crippen LogP contribution in [-0.4, -0.2) is 41.2 Å². The molecule has 1 aromatic carbocycles. The van der Waals surface area contributed by atoms with Crippen LogP contribution in [0.3, 0.4) is 0 Å². The highest BCUT2D eigenvalue weighted by atomic mass is 32.2. The lowest BCUT2D eigenvalue weighted by molar-refractivity contribution is -0.122. The molecule has 2 heterocycles. The Labute approximate surface area is 178 Å². The van der Waals surface area contributed by atoms with Gasteiger partial charge in [0.15, 0.2) is 0 Å². The van der Waals surface area contributed by atoms with Gasteiger partial charge in [0, 0.05) is 24.9 Å². The number of anilines is 2. The first-order valence-corrected chi connectivity index (χ1v) is 10.8. The van der Waals surface area contributed by atoms with Gasteiger partial charge in [0.2, 0.25) is 5.91 Å². The van der Waals surface area contributed by atoms with Crippen molar-refractivity contribution in [3.63, 3.8) is 0 Å². The summed E-state index contributed by atoms with van der Waals surface area (Å²) in [7, 11) is 1.58. The number of carbonyl (C=O) groups excluding carboxylic acids is 2. The zero-order valence-electron chi connectivity index (χ0n) is 16.1.